The van der Waals surface area contributed by atoms with Gasteiger partial charge in [-0.1, -0.05) is 12.1 Å². The first-order chi connectivity index (χ1) is 12.5. The number of thiazole rings is 1. The number of aliphatic carboxylic acids is 2. The van der Waals surface area contributed by atoms with Crippen LogP contribution in [0.3, 0.4) is 0 Å². The van der Waals surface area contributed by atoms with E-state index in [1.807, 2.05) is 29.6 Å². The number of nitrogens with zero attached hydrogens (tertiary/aromatic N) is 2. The number of carbonyl (C=O) groups is 3. The Balaban J connectivity index is 0.000000718. The monoisotopic (exact) mass is 395 g/mol. The molecule has 1 aromatic heterocycles. The minimum atomic E-state index is -0.833. The maximum absolute atomic E-state index is 11.0. The molecule has 11 heteroatoms. The number of nitrogens with one attached hydrogen (secondary N) is 1. The number of carboxylic acid groups (broad SMARTS) is 2. The topological polar surface area (TPSA) is 181 Å². The second-order valence-electron chi connectivity index (χ2n) is 4.85. The van der Waals surface area contributed by atoms with Crippen molar-refractivity contribution in [2.75, 3.05) is 5.32 Å². The lowest BCUT2D eigenvalue weighted by Crippen LogP contribution is -2.21. The van der Waals surface area contributed by atoms with Crippen LogP contribution in [0.1, 0.15) is 20.8 Å². The molecule has 0 saturated heterocycles. The molecule has 0 fully saturated rings. The molecule has 7 N–H and O–H groups in total. The molecule has 0 atom stereocenters. The summed E-state index contributed by atoms with van der Waals surface area (Å²) in [7, 11) is 0. The van der Waals surface area contributed by atoms with Crippen LogP contribution in [-0.2, 0) is 14.4 Å². The molecule has 0 unspecified atom stereocenters. The van der Waals surface area contributed by atoms with Crippen molar-refractivity contribution < 1.29 is 24.6 Å². The molecule has 2 aromatic rings. The van der Waals surface area contributed by atoms with E-state index < -0.39 is 11.9 Å². The Hall–Kier alpha value is -3.47. The molecule has 1 amide bonds. The summed E-state index contributed by atoms with van der Waals surface area (Å²) in [6.45, 7) is 3.63. The number of carbonyl (C=O) groups excluding carboxylic acids is 1. The maximum Gasteiger partial charge on any atom is 0.300 e. The molecule has 2 rings (SSSR count). The molecule has 0 aliphatic heterocycles. The van der Waals surface area contributed by atoms with Crippen LogP contribution < -0.4 is 16.8 Å². The van der Waals surface area contributed by atoms with Crippen molar-refractivity contribution in [3.05, 3.63) is 29.6 Å². The summed E-state index contributed by atoms with van der Waals surface area (Å²) in [5.41, 5.74) is 13.0. The number of hydrogen-bond acceptors (Lipinski definition) is 6. The van der Waals surface area contributed by atoms with Gasteiger partial charge in [0, 0.05) is 37.4 Å². The van der Waals surface area contributed by atoms with E-state index in [4.69, 9.17) is 31.3 Å². The van der Waals surface area contributed by atoms with Gasteiger partial charge in [0.2, 0.25) is 11.0 Å². The molecule has 0 bridgehead atoms. The Morgan fingerprint density at radius 1 is 1.11 bits per heavy atom. The molecule has 0 radical (unpaired) electrons. The van der Waals surface area contributed by atoms with Gasteiger partial charge in [0.25, 0.3) is 11.9 Å². The minimum absolute atomic E-state index is 0.0205. The molecule has 1 aromatic carbocycles. The van der Waals surface area contributed by atoms with Crippen molar-refractivity contribution in [1.29, 1.82) is 0 Å². The van der Waals surface area contributed by atoms with E-state index in [0.717, 1.165) is 30.8 Å². The smallest absolute Gasteiger partial charge is 0.300 e. The average molecular weight is 395 g/mol. The van der Waals surface area contributed by atoms with Crippen molar-refractivity contribution in [3.8, 4) is 11.3 Å². The highest BCUT2D eigenvalue weighted by Crippen LogP contribution is 2.28. The number of aliphatic imine (C=N–C) groups is 1. The molecular formula is C16H21N5O5S. The van der Waals surface area contributed by atoms with Gasteiger partial charge in [-0.05, 0) is 12.1 Å². The lowest BCUT2D eigenvalue weighted by Gasteiger charge is -2.03. The molecule has 0 aliphatic rings. The number of guanidine groups is 1. The van der Waals surface area contributed by atoms with E-state index in [9.17, 15) is 4.79 Å². The summed E-state index contributed by atoms with van der Waals surface area (Å²) < 4.78 is 0. The number of hydrogen-bond donors (Lipinski definition) is 5. The highest BCUT2D eigenvalue weighted by Gasteiger charge is 2.05. The molecule has 27 heavy (non-hydrogen) atoms. The number of rotatable bonds is 3. The quantitative estimate of drug-likeness (QED) is 0.385. The predicted molar refractivity (Wildman–Crippen MR) is 104 cm³/mol. The van der Waals surface area contributed by atoms with Gasteiger partial charge >= 0.3 is 0 Å². The van der Waals surface area contributed by atoms with E-state index >= 15 is 0 Å². The zero-order valence-electron chi connectivity index (χ0n) is 15.0. The van der Waals surface area contributed by atoms with Crippen LogP contribution in [0.5, 0.6) is 0 Å². The normalized spacial score (nSPS) is 8.85. The van der Waals surface area contributed by atoms with E-state index in [2.05, 4.69) is 15.3 Å². The average Bonchev–Trinajstić information content (AvgIpc) is 2.93. The predicted octanol–water partition coefficient (Wildman–Crippen LogP) is 1.86. The standard InChI is InChI=1S/C12H13N5OS.2C2H4O2/c1-7(18)15-9-4-2-3-8(5-9)10-6-19-12(16-10)17-11(13)14;2*1-2(3)4/h2-6H,1H3,(H,15,18)(H4,13,14,16,17);2*1H3,(H,3,4). The van der Waals surface area contributed by atoms with Gasteiger partial charge in [-0.3, -0.25) is 14.4 Å². The zero-order valence-corrected chi connectivity index (χ0v) is 15.8. The molecule has 146 valence electrons. The Labute approximate surface area is 159 Å². The molecule has 0 spiro atoms. The van der Waals surface area contributed by atoms with E-state index in [-0.39, 0.29) is 11.9 Å². The summed E-state index contributed by atoms with van der Waals surface area (Å²) >= 11 is 1.35. The van der Waals surface area contributed by atoms with Crippen LogP contribution in [0.2, 0.25) is 0 Å². The molecular weight excluding hydrogens is 374 g/mol. The highest BCUT2D eigenvalue weighted by atomic mass is 32.1. The van der Waals surface area contributed by atoms with Crippen molar-refractivity contribution >= 4 is 46.0 Å². The molecule has 1 heterocycles. The molecule has 0 aliphatic carbocycles. The fraction of sp³-hybridized carbons (Fsp3) is 0.188. The molecule has 0 saturated carbocycles. The molecule has 10 nitrogen and oxygen atoms in total. The summed E-state index contributed by atoms with van der Waals surface area (Å²) in [4.78, 5) is 37.2. The second-order valence-corrected chi connectivity index (χ2v) is 5.69. The third-order valence-electron chi connectivity index (χ3n) is 2.20. The van der Waals surface area contributed by atoms with E-state index in [0.29, 0.717) is 5.13 Å². The fourth-order valence-electron chi connectivity index (χ4n) is 1.52. The van der Waals surface area contributed by atoms with Gasteiger partial charge in [-0.15, -0.1) is 11.3 Å². The summed E-state index contributed by atoms with van der Waals surface area (Å²) in [6, 6.07) is 7.41. The summed E-state index contributed by atoms with van der Waals surface area (Å²) in [5, 5.41) is 19.9. The first kappa shape index (κ1) is 23.5. The lowest BCUT2D eigenvalue weighted by molar-refractivity contribution is -0.135. The Kier molecular flexibility index (Phi) is 10.4. The third kappa shape index (κ3) is 12.5. The van der Waals surface area contributed by atoms with Crippen molar-refractivity contribution in [2.24, 2.45) is 16.5 Å². The van der Waals surface area contributed by atoms with Crippen LogP contribution in [-0.4, -0.2) is 39.0 Å². The van der Waals surface area contributed by atoms with Gasteiger partial charge in [0.05, 0.1) is 5.69 Å². The lowest BCUT2D eigenvalue weighted by atomic mass is 10.1. The van der Waals surface area contributed by atoms with Crippen molar-refractivity contribution in [3.63, 3.8) is 0 Å². The van der Waals surface area contributed by atoms with Crippen LogP contribution in [0.25, 0.3) is 11.3 Å². The zero-order chi connectivity index (χ0) is 21.0. The first-order valence-electron chi connectivity index (χ1n) is 7.33. The number of anilines is 1. The maximum atomic E-state index is 11.0. The number of aromatic nitrogens is 1. The second kappa shape index (κ2) is 12.0. The van der Waals surface area contributed by atoms with Gasteiger partial charge in [-0.2, -0.15) is 4.99 Å². The summed E-state index contributed by atoms with van der Waals surface area (Å²) in [6.07, 6.45) is 0. The Morgan fingerprint density at radius 3 is 2.15 bits per heavy atom. The Bertz CT molecular complexity index is 795. The number of benzene rings is 1. The SMILES string of the molecule is CC(=O)Nc1cccc(-c2csc(N=C(N)N)n2)c1.CC(=O)O.CC(=O)O. The first-order valence-corrected chi connectivity index (χ1v) is 8.21. The third-order valence-corrected chi connectivity index (χ3v) is 2.93. The van der Waals surface area contributed by atoms with Gasteiger partial charge in [-0.25, -0.2) is 4.98 Å². The van der Waals surface area contributed by atoms with Gasteiger partial charge in [0.1, 0.15) is 0 Å². The highest BCUT2D eigenvalue weighted by molar-refractivity contribution is 7.13. The van der Waals surface area contributed by atoms with Crippen LogP contribution in [0, 0.1) is 0 Å². The van der Waals surface area contributed by atoms with Crippen molar-refractivity contribution in [2.45, 2.75) is 20.8 Å². The minimum Gasteiger partial charge on any atom is -0.481 e. The fourth-order valence-corrected chi connectivity index (χ4v) is 2.23. The van der Waals surface area contributed by atoms with Gasteiger partial charge in [0.15, 0.2) is 5.96 Å². The number of amides is 1. The van der Waals surface area contributed by atoms with Gasteiger partial charge < -0.3 is 27.0 Å². The number of carboxylic acids is 2. The summed E-state index contributed by atoms with van der Waals surface area (Å²) in [5.74, 6) is -1.80. The van der Waals surface area contributed by atoms with Crippen LogP contribution >= 0.6 is 11.3 Å². The largest absolute Gasteiger partial charge is 0.481 e. The number of nitrogens with two attached hydrogens (primary N) is 2. The van der Waals surface area contributed by atoms with E-state index in [1.54, 1.807) is 0 Å². The van der Waals surface area contributed by atoms with Crippen LogP contribution in [0.4, 0.5) is 10.8 Å². The Morgan fingerprint density at radius 2 is 1.67 bits per heavy atom. The van der Waals surface area contributed by atoms with E-state index in [1.165, 1.54) is 18.3 Å². The van der Waals surface area contributed by atoms with Crippen molar-refractivity contribution in [1.82, 2.24) is 4.98 Å². The van der Waals surface area contributed by atoms with Crippen LogP contribution in [0.15, 0.2) is 34.6 Å².